The monoisotopic (exact) mass is 346 g/mol. The molecule has 0 saturated carbocycles. The predicted octanol–water partition coefficient (Wildman–Crippen LogP) is 4.46. The first-order valence-corrected chi connectivity index (χ1v) is 6.55. The van der Waals surface area contributed by atoms with E-state index in [0.29, 0.717) is 5.92 Å². The Bertz CT molecular complexity index is 505. The summed E-state index contributed by atoms with van der Waals surface area (Å²) in [6.07, 6.45) is 0. The van der Waals surface area contributed by atoms with Gasteiger partial charge in [0.1, 0.15) is 3.70 Å². The standard InChI is InChI=1S/C12H12ClIN2/c1-7(2)11-10(12(14)16-15-11)8-4-3-5-9(13)6-8/h3-7H,1-2H3,(H,15,16). The van der Waals surface area contributed by atoms with E-state index >= 15 is 0 Å². The molecule has 0 saturated heterocycles. The largest absolute Gasteiger partial charge is 0.281 e. The molecule has 1 aromatic carbocycles. The van der Waals surface area contributed by atoms with Crippen LogP contribution in [0.15, 0.2) is 24.3 Å². The highest BCUT2D eigenvalue weighted by Gasteiger charge is 2.15. The number of hydrogen-bond donors (Lipinski definition) is 1. The molecule has 0 radical (unpaired) electrons. The van der Waals surface area contributed by atoms with Gasteiger partial charge in [-0.2, -0.15) is 5.10 Å². The molecule has 0 atom stereocenters. The summed E-state index contributed by atoms with van der Waals surface area (Å²) >= 11 is 8.26. The van der Waals surface area contributed by atoms with Crippen LogP contribution < -0.4 is 0 Å². The fourth-order valence-electron chi connectivity index (χ4n) is 1.67. The summed E-state index contributed by atoms with van der Waals surface area (Å²) in [4.78, 5) is 0. The van der Waals surface area contributed by atoms with E-state index in [2.05, 4.69) is 52.7 Å². The number of hydrogen-bond acceptors (Lipinski definition) is 1. The number of rotatable bonds is 2. The van der Waals surface area contributed by atoms with Crippen LogP contribution in [-0.4, -0.2) is 10.2 Å². The third-order valence-electron chi connectivity index (χ3n) is 2.44. The third kappa shape index (κ3) is 2.25. The summed E-state index contributed by atoms with van der Waals surface area (Å²) in [6.45, 7) is 4.30. The van der Waals surface area contributed by atoms with Crippen molar-refractivity contribution in [3.05, 3.63) is 38.7 Å². The first-order valence-electron chi connectivity index (χ1n) is 5.09. The van der Waals surface area contributed by atoms with Gasteiger partial charge in [0, 0.05) is 16.3 Å². The molecule has 16 heavy (non-hydrogen) atoms. The van der Waals surface area contributed by atoms with Crippen molar-refractivity contribution in [2.75, 3.05) is 0 Å². The van der Waals surface area contributed by atoms with Crippen molar-refractivity contribution in [1.29, 1.82) is 0 Å². The number of aromatic nitrogens is 2. The smallest absolute Gasteiger partial charge is 0.131 e. The normalized spacial score (nSPS) is 11.1. The number of halogens is 2. The minimum atomic E-state index is 0.421. The Balaban J connectivity index is 2.59. The Kier molecular flexibility index (Phi) is 3.54. The van der Waals surface area contributed by atoms with E-state index in [0.717, 1.165) is 25.5 Å². The molecule has 2 nitrogen and oxygen atoms in total. The van der Waals surface area contributed by atoms with Crippen LogP contribution >= 0.6 is 34.2 Å². The molecule has 0 aliphatic carbocycles. The van der Waals surface area contributed by atoms with Crippen LogP contribution in [0.4, 0.5) is 0 Å². The average molecular weight is 347 g/mol. The van der Waals surface area contributed by atoms with Crippen LogP contribution in [0.2, 0.25) is 5.02 Å². The van der Waals surface area contributed by atoms with E-state index in [4.69, 9.17) is 11.6 Å². The van der Waals surface area contributed by atoms with Crippen molar-refractivity contribution >= 4 is 34.2 Å². The second kappa shape index (κ2) is 4.75. The van der Waals surface area contributed by atoms with Gasteiger partial charge in [-0.15, -0.1) is 0 Å². The summed E-state index contributed by atoms with van der Waals surface area (Å²) < 4.78 is 0.989. The molecule has 0 bridgehead atoms. The van der Waals surface area contributed by atoms with E-state index in [1.54, 1.807) is 0 Å². The van der Waals surface area contributed by atoms with E-state index in [1.165, 1.54) is 0 Å². The Hall–Kier alpha value is -0.550. The zero-order valence-electron chi connectivity index (χ0n) is 9.09. The first-order chi connectivity index (χ1) is 7.59. The Morgan fingerprint density at radius 3 is 2.75 bits per heavy atom. The summed E-state index contributed by atoms with van der Waals surface area (Å²) in [5, 5.41) is 8.11. The summed E-state index contributed by atoms with van der Waals surface area (Å²) in [5.74, 6) is 0.421. The van der Waals surface area contributed by atoms with Crippen LogP contribution in [0.25, 0.3) is 11.1 Å². The van der Waals surface area contributed by atoms with Crippen LogP contribution in [0.1, 0.15) is 25.5 Å². The van der Waals surface area contributed by atoms with Crippen molar-refractivity contribution < 1.29 is 0 Å². The minimum absolute atomic E-state index is 0.421. The van der Waals surface area contributed by atoms with Crippen molar-refractivity contribution in [2.24, 2.45) is 0 Å². The topological polar surface area (TPSA) is 28.7 Å². The highest BCUT2D eigenvalue weighted by Crippen LogP contribution is 2.32. The molecule has 1 N–H and O–H groups in total. The lowest BCUT2D eigenvalue weighted by atomic mass is 10.0. The summed E-state index contributed by atoms with van der Waals surface area (Å²) in [5.41, 5.74) is 3.44. The lowest BCUT2D eigenvalue weighted by molar-refractivity contribution is 0.811. The molecule has 2 aromatic rings. The van der Waals surface area contributed by atoms with Gasteiger partial charge in [0.05, 0.1) is 0 Å². The van der Waals surface area contributed by atoms with E-state index in [1.807, 2.05) is 18.2 Å². The molecular weight excluding hydrogens is 335 g/mol. The SMILES string of the molecule is CC(C)c1[nH]nc(I)c1-c1cccc(Cl)c1. The molecule has 0 fully saturated rings. The number of H-pyrrole nitrogens is 1. The fraction of sp³-hybridized carbons (Fsp3) is 0.250. The lowest BCUT2D eigenvalue weighted by Gasteiger charge is -2.07. The molecule has 0 spiro atoms. The van der Waals surface area contributed by atoms with Crippen molar-refractivity contribution in [1.82, 2.24) is 10.2 Å². The summed E-state index contributed by atoms with van der Waals surface area (Å²) in [6, 6.07) is 7.88. The van der Waals surface area contributed by atoms with Gasteiger partial charge in [-0.25, -0.2) is 0 Å². The molecule has 0 aliphatic heterocycles. The molecule has 84 valence electrons. The maximum absolute atomic E-state index is 6.01. The second-order valence-corrected chi connectivity index (χ2v) is 5.43. The van der Waals surface area contributed by atoms with Gasteiger partial charge in [-0.3, -0.25) is 5.10 Å². The quantitative estimate of drug-likeness (QED) is 0.799. The number of benzene rings is 1. The Labute approximate surface area is 114 Å². The van der Waals surface area contributed by atoms with Crippen LogP contribution in [-0.2, 0) is 0 Å². The predicted molar refractivity (Wildman–Crippen MR) is 75.8 cm³/mol. The van der Waals surface area contributed by atoms with Gasteiger partial charge in [0.15, 0.2) is 0 Å². The molecule has 1 aromatic heterocycles. The van der Waals surface area contributed by atoms with Gasteiger partial charge in [-0.1, -0.05) is 37.6 Å². The highest BCUT2D eigenvalue weighted by molar-refractivity contribution is 14.1. The molecule has 0 aliphatic rings. The third-order valence-corrected chi connectivity index (χ3v) is 3.46. The van der Waals surface area contributed by atoms with Gasteiger partial charge in [-0.05, 0) is 46.2 Å². The molecule has 4 heteroatoms. The number of aromatic amines is 1. The summed E-state index contributed by atoms with van der Waals surface area (Å²) in [7, 11) is 0. The lowest BCUT2D eigenvalue weighted by Crippen LogP contribution is -1.91. The van der Waals surface area contributed by atoms with E-state index in [-0.39, 0.29) is 0 Å². The van der Waals surface area contributed by atoms with Gasteiger partial charge < -0.3 is 0 Å². The van der Waals surface area contributed by atoms with Crippen LogP contribution in [0.3, 0.4) is 0 Å². The Morgan fingerprint density at radius 1 is 1.38 bits per heavy atom. The number of nitrogens with one attached hydrogen (secondary N) is 1. The zero-order chi connectivity index (χ0) is 11.7. The van der Waals surface area contributed by atoms with E-state index in [9.17, 15) is 0 Å². The van der Waals surface area contributed by atoms with Gasteiger partial charge in [0.25, 0.3) is 0 Å². The Morgan fingerprint density at radius 2 is 2.12 bits per heavy atom. The van der Waals surface area contributed by atoms with Gasteiger partial charge in [0.2, 0.25) is 0 Å². The van der Waals surface area contributed by atoms with Crippen molar-refractivity contribution in [3.8, 4) is 11.1 Å². The average Bonchev–Trinajstić information content (AvgIpc) is 2.60. The maximum Gasteiger partial charge on any atom is 0.131 e. The van der Waals surface area contributed by atoms with E-state index < -0.39 is 0 Å². The maximum atomic E-state index is 6.01. The van der Waals surface area contributed by atoms with Gasteiger partial charge >= 0.3 is 0 Å². The second-order valence-electron chi connectivity index (χ2n) is 3.97. The zero-order valence-corrected chi connectivity index (χ0v) is 12.0. The fourth-order valence-corrected chi connectivity index (χ4v) is 2.58. The molecule has 0 unspecified atom stereocenters. The molecule has 1 heterocycles. The molecular formula is C12H12ClIN2. The van der Waals surface area contributed by atoms with Crippen LogP contribution in [0, 0.1) is 3.70 Å². The molecule has 0 amide bonds. The minimum Gasteiger partial charge on any atom is -0.281 e. The van der Waals surface area contributed by atoms with Crippen molar-refractivity contribution in [2.45, 2.75) is 19.8 Å². The van der Waals surface area contributed by atoms with Crippen molar-refractivity contribution in [3.63, 3.8) is 0 Å². The molecule has 2 rings (SSSR count). The first kappa shape index (κ1) is 11.9. The van der Waals surface area contributed by atoms with Crippen LogP contribution in [0.5, 0.6) is 0 Å². The number of nitrogens with zero attached hydrogens (tertiary/aromatic N) is 1. The highest BCUT2D eigenvalue weighted by atomic mass is 127.